The largest absolute Gasteiger partial charge is 0.326 e. The van der Waals surface area contributed by atoms with Gasteiger partial charge >= 0.3 is 0 Å². The number of imide groups is 1. The van der Waals surface area contributed by atoms with Crippen LogP contribution in [0.1, 0.15) is 30.1 Å². The van der Waals surface area contributed by atoms with Gasteiger partial charge in [0.15, 0.2) is 5.78 Å². The first-order valence-corrected chi connectivity index (χ1v) is 6.92. The van der Waals surface area contributed by atoms with Gasteiger partial charge in [0.2, 0.25) is 5.91 Å². The lowest BCUT2D eigenvalue weighted by atomic mass is 10.1. The number of benzene rings is 1. The molecule has 0 bridgehead atoms. The summed E-state index contributed by atoms with van der Waals surface area (Å²) in [5.41, 5.74) is 1.18. The summed E-state index contributed by atoms with van der Waals surface area (Å²) in [5.74, 6) is -0.926. The van der Waals surface area contributed by atoms with Crippen molar-refractivity contribution in [2.24, 2.45) is 0 Å². The highest BCUT2D eigenvalue weighted by Crippen LogP contribution is 2.11. The molecule has 6 nitrogen and oxygen atoms in total. The summed E-state index contributed by atoms with van der Waals surface area (Å²) in [5, 5.41) is 2.70. The average Bonchev–Trinajstić information content (AvgIpc) is 2.79. The van der Waals surface area contributed by atoms with Crippen molar-refractivity contribution in [1.82, 2.24) is 4.90 Å². The van der Waals surface area contributed by atoms with Crippen molar-refractivity contribution in [2.45, 2.75) is 19.8 Å². The van der Waals surface area contributed by atoms with Gasteiger partial charge in [0.1, 0.15) is 0 Å². The normalized spacial score (nSPS) is 13.6. The molecule has 114 valence electrons. The molecule has 1 heterocycles. The van der Waals surface area contributed by atoms with E-state index in [9.17, 15) is 19.2 Å². The molecule has 0 radical (unpaired) electrons. The fraction of sp³-hybridized carbons (Fsp3) is 0.250. The zero-order valence-electron chi connectivity index (χ0n) is 12.2. The Morgan fingerprint density at radius 1 is 1.05 bits per heavy atom. The average molecular weight is 300 g/mol. The van der Waals surface area contributed by atoms with Crippen LogP contribution in [0.5, 0.6) is 0 Å². The molecule has 0 spiro atoms. The minimum atomic E-state index is -0.342. The van der Waals surface area contributed by atoms with Gasteiger partial charge in [0.05, 0.1) is 0 Å². The summed E-state index contributed by atoms with van der Waals surface area (Å²) >= 11 is 0. The van der Waals surface area contributed by atoms with E-state index < -0.39 is 0 Å². The number of carbonyl (C=O) groups excluding carboxylic acids is 4. The maximum absolute atomic E-state index is 11.8. The predicted octanol–water partition coefficient (Wildman–Crippen LogP) is 1.53. The van der Waals surface area contributed by atoms with Crippen LogP contribution in [0.2, 0.25) is 0 Å². The SMILES string of the molecule is CC(=O)c1ccc(NC(=O)CCCN2C(=O)C=CC2=O)cc1. The van der Waals surface area contributed by atoms with Crippen molar-refractivity contribution in [3.05, 3.63) is 42.0 Å². The smallest absolute Gasteiger partial charge is 0.253 e. The summed E-state index contributed by atoms with van der Waals surface area (Å²) in [6, 6.07) is 6.61. The molecule has 6 heteroatoms. The first-order valence-electron chi connectivity index (χ1n) is 6.92. The van der Waals surface area contributed by atoms with Crippen molar-refractivity contribution >= 4 is 29.2 Å². The van der Waals surface area contributed by atoms with Gasteiger partial charge in [-0.25, -0.2) is 0 Å². The van der Waals surface area contributed by atoms with E-state index in [-0.39, 0.29) is 36.5 Å². The number of rotatable bonds is 6. The van der Waals surface area contributed by atoms with Gasteiger partial charge in [-0.15, -0.1) is 0 Å². The Kier molecular flexibility index (Phi) is 4.83. The third-order valence-corrected chi connectivity index (χ3v) is 3.26. The fourth-order valence-electron chi connectivity index (χ4n) is 2.06. The highest BCUT2D eigenvalue weighted by Gasteiger charge is 2.22. The van der Waals surface area contributed by atoms with E-state index >= 15 is 0 Å². The molecule has 0 saturated heterocycles. The molecule has 0 aliphatic carbocycles. The number of ketones is 1. The Labute approximate surface area is 127 Å². The first-order chi connectivity index (χ1) is 10.5. The molecule has 3 amide bonds. The monoisotopic (exact) mass is 300 g/mol. The van der Waals surface area contributed by atoms with Crippen LogP contribution < -0.4 is 5.32 Å². The van der Waals surface area contributed by atoms with Crippen LogP contribution in [-0.2, 0) is 14.4 Å². The minimum Gasteiger partial charge on any atom is -0.326 e. The molecule has 1 aliphatic heterocycles. The third-order valence-electron chi connectivity index (χ3n) is 3.26. The van der Waals surface area contributed by atoms with Crippen LogP contribution in [0.3, 0.4) is 0 Å². The Hall–Kier alpha value is -2.76. The number of hydrogen-bond donors (Lipinski definition) is 1. The van der Waals surface area contributed by atoms with E-state index in [0.717, 1.165) is 4.90 Å². The van der Waals surface area contributed by atoms with E-state index in [1.54, 1.807) is 24.3 Å². The van der Waals surface area contributed by atoms with Crippen LogP contribution in [-0.4, -0.2) is 34.9 Å². The molecular weight excluding hydrogens is 284 g/mol. The number of anilines is 1. The maximum Gasteiger partial charge on any atom is 0.253 e. The summed E-state index contributed by atoms with van der Waals surface area (Å²) in [6.07, 6.45) is 3.04. The lowest BCUT2D eigenvalue weighted by Gasteiger charge is -2.13. The fourth-order valence-corrected chi connectivity index (χ4v) is 2.06. The minimum absolute atomic E-state index is 0.0357. The van der Waals surface area contributed by atoms with Crippen molar-refractivity contribution in [1.29, 1.82) is 0 Å². The van der Waals surface area contributed by atoms with Crippen LogP contribution in [0.25, 0.3) is 0 Å². The highest BCUT2D eigenvalue weighted by molar-refractivity contribution is 6.12. The quantitative estimate of drug-likeness (QED) is 0.638. The second-order valence-corrected chi connectivity index (χ2v) is 4.95. The van der Waals surface area contributed by atoms with E-state index in [2.05, 4.69) is 5.32 Å². The van der Waals surface area contributed by atoms with Crippen molar-refractivity contribution in [3.63, 3.8) is 0 Å². The zero-order valence-corrected chi connectivity index (χ0v) is 12.2. The van der Waals surface area contributed by atoms with Crippen LogP contribution in [0.4, 0.5) is 5.69 Å². The van der Waals surface area contributed by atoms with Gasteiger partial charge in [-0.1, -0.05) is 0 Å². The molecule has 0 saturated carbocycles. The van der Waals surface area contributed by atoms with Gasteiger partial charge < -0.3 is 5.32 Å². The van der Waals surface area contributed by atoms with Crippen molar-refractivity contribution < 1.29 is 19.2 Å². The number of amides is 3. The molecule has 1 aromatic carbocycles. The van der Waals surface area contributed by atoms with Gasteiger partial charge in [-0.05, 0) is 37.6 Å². The number of nitrogens with zero attached hydrogens (tertiary/aromatic N) is 1. The Bertz CT molecular complexity index is 629. The zero-order chi connectivity index (χ0) is 16.1. The predicted molar refractivity (Wildman–Crippen MR) is 80.2 cm³/mol. The number of hydrogen-bond acceptors (Lipinski definition) is 4. The summed E-state index contributed by atoms with van der Waals surface area (Å²) in [7, 11) is 0. The van der Waals surface area contributed by atoms with Gasteiger partial charge in [-0.3, -0.25) is 24.1 Å². The Morgan fingerprint density at radius 2 is 1.64 bits per heavy atom. The topological polar surface area (TPSA) is 83.6 Å². The lowest BCUT2D eigenvalue weighted by Crippen LogP contribution is -2.31. The van der Waals surface area contributed by atoms with Crippen molar-refractivity contribution in [2.75, 3.05) is 11.9 Å². The molecule has 1 aliphatic rings. The van der Waals surface area contributed by atoms with Gasteiger partial charge in [0, 0.05) is 36.4 Å². The van der Waals surface area contributed by atoms with Gasteiger partial charge in [0.25, 0.3) is 11.8 Å². The third kappa shape index (κ3) is 3.88. The lowest BCUT2D eigenvalue weighted by molar-refractivity contribution is -0.137. The molecule has 22 heavy (non-hydrogen) atoms. The first kappa shape index (κ1) is 15.6. The van der Waals surface area contributed by atoms with E-state index in [4.69, 9.17) is 0 Å². The van der Waals surface area contributed by atoms with Crippen LogP contribution in [0, 0.1) is 0 Å². The molecule has 1 aromatic rings. The van der Waals surface area contributed by atoms with E-state index in [1.807, 2.05) is 0 Å². The molecule has 0 fully saturated rings. The number of Topliss-reactive ketones (excluding diaryl/α,β-unsaturated/α-hetero) is 1. The highest BCUT2D eigenvalue weighted by atomic mass is 16.2. The summed E-state index contributed by atoms with van der Waals surface area (Å²) in [4.78, 5) is 46.7. The molecule has 0 aromatic heterocycles. The molecule has 0 atom stereocenters. The Balaban J connectivity index is 1.77. The molecule has 0 unspecified atom stereocenters. The Morgan fingerprint density at radius 3 is 2.18 bits per heavy atom. The van der Waals surface area contributed by atoms with E-state index in [1.165, 1.54) is 19.1 Å². The van der Waals surface area contributed by atoms with Crippen molar-refractivity contribution in [3.8, 4) is 0 Å². The second-order valence-electron chi connectivity index (χ2n) is 4.95. The van der Waals surface area contributed by atoms with Crippen LogP contribution >= 0.6 is 0 Å². The van der Waals surface area contributed by atoms with Crippen LogP contribution in [0.15, 0.2) is 36.4 Å². The molecule has 2 rings (SSSR count). The molecular formula is C16H16N2O4. The molecule has 1 N–H and O–H groups in total. The summed E-state index contributed by atoms with van der Waals surface area (Å²) < 4.78 is 0. The number of carbonyl (C=O) groups is 4. The second kappa shape index (κ2) is 6.80. The van der Waals surface area contributed by atoms with E-state index in [0.29, 0.717) is 17.7 Å². The maximum atomic E-state index is 11.8. The summed E-state index contributed by atoms with van der Waals surface area (Å²) in [6.45, 7) is 1.70. The standard InChI is InChI=1S/C16H16N2O4/c1-11(19)12-4-6-13(7-5-12)17-14(20)3-2-10-18-15(21)8-9-16(18)22/h4-9H,2-3,10H2,1H3,(H,17,20). The number of nitrogens with one attached hydrogen (secondary N) is 1. The van der Waals surface area contributed by atoms with Gasteiger partial charge in [-0.2, -0.15) is 0 Å².